The van der Waals surface area contributed by atoms with Crippen molar-refractivity contribution in [3.63, 3.8) is 0 Å². The van der Waals surface area contributed by atoms with E-state index in [1.807, 2.05) is 0 Å². The third-order valence-electron chi connectivity index (χ3n) is 4.82. The van der Waals surface area contributed by atoms with Crippen LogP contribution in [0.4, 0.5) is 24.8 Å². The Labute approximate surface area is 163 Å². The molecule has 1 atom stereocenters. The third kappa shape index (κ3) is 3.59. The average Bonchev–Trinajstić information content (AvgIpc) is 3.24. The number of aryl methyl sites for hydroxylation is 2. The molecule has 152 valence electrons. The van der Waals surface area contributed by atoms with Crippen LogP contribution in [-0.2, 0) is 0 Å². The van der Waals surface area contributed by atoms with Gasteiger partial charge in [-0.2, -0.15) is 18.3 Å². The molecule has 0 spiro atoms. The molecule has 1 amide bonds. The number of fused-ring (bicyclic) bond motifs is 1. The van der Waals surface area contributed by atoms with Crippen LogP contribution >= 0.6 is 0 Å². The van der Waals surface area contributed by atoms with Crippen LogP contribution in [0, 0.1) is 13.8 Å². The van der Waals surface area contributed by atoms with E-state index in [-0.39, 0.29) is 30.0 Å². The van der Waals surface area contributed by atoms with Crippen molar-refractivity contribution in [1.29, 1.82) is 0 Å². The van der Waals surface area contributed by atoms with Crippen molar-refractivity contribution in [1.82, 2.24) is 24.6 Å². The van der Waals surface area contributed by atoms with Crippen LogP contribution in [-0.4, -0.2) is 49.2 Å². The first kappa shape index (κ1) is 19.1. The van der Waals surface area contributed by atoms with Gasteiger partial charge in [0.05, 0.1) is 5.69 Å². The Balaban J connectivity index is 1.71. The van der Waals surface area contributed by atoms with Crippen LogP contribution in [0.3, 0.4) is 0 Å². The number of carbonyl (C=O) groups is 1. The lowest BCUT2D eigenvalue weighted by molar-refractivity contribution is -0.146. The average molecular weight is 405 g/mol. The van der Waals surface area contributed by atoms with Gasteiger partial charge in [0, 0.05) is 18.9 Å². The van der Waals surface area contributed by atoms with Crippen LogP contribution in [0.1, 0.15) is 34.7 Å². The zero-order chi connectivity index (χ0) is 20.8. The maximum absolute atomic E-state index is 13.3. The van der Waals surface area contributed by atoms with E-state index in [0.717, 1.165) is 0 Å². The number of anilines is 2. The van der Waals surface area contributed by atoms with Gasteiger partial charge in [-0.05, 0) is 38.8 Å². The number of hydrogen-bond donors (Lipinski definition) is 1. The lowest BCUT2D eigenvalue weighted by atomic mass is 10.2. The Bertz CT molecular complexity index is 1080. The molecule has 1 aliphatic rings. The fraction of sp³-hybridized carbons (Fsp3) is 0.389. The molecule has 1 aliphatic heterocycles. The maximum atomic E-state index is 13.3. The van der Waals surface area contributed by atoms with Gasteiger partial charge in [0.1, 0.15) is 29.1 Å². The Kier molecular flexibility index (Phi) is 4.59. The highest BCUT2D eigenvalue weighted by molar-refractivity contribution is 6.08. The lowest BCUT2D eigenvalue weighted by Gasteiger charge is -2.27. The first-order valence-electron chi connectivity index (χ1n) is 9.04. The van der Waals surface area contributed by atoms with Gasteiger partial charge in [-0.25, -0.2) is 19.5 Å². The summed E-state index contributed by atoms with van der Waals surface area (Å²) in [5.74, 6) is 0.485. The molecule has 1 N–H and O–H groups in total. The van der Waals surface area contributed by atoms with E-state index in [2.05, 4.69) is 25.4 Å². The molecule has 3 aromatic heterocycles. The largest absolute Gasteiger partial charge is 0.408 e. The SMILES string of the molecule is Cc1nccc(NC(=O)c2c(C)nn3ccc(N4CCCC4C(F)(F)F)nc23)n1. The molecular formula is C18H18F3N7O. The van der Waals surface area contributed by atoms with Crippen LogP contribution in [0.5, 0.6) is 0 Å². The number of alkyl halides is 3. The van der Waals surface area contributed by atoms with Gasteiger partial charge in [-0.3, -0.25) is 4.79 Å². The minimum absolute atomic E-state index is 0.0229. The van der Waals surface area contributed by atoms with Gasteiger partial charge in [-0.1, -0.05) is 0 Å². The first-order chi connectivity index (χ1) is 13.7. The van der Waals surface area contributed by atoms with Crippen molar-refractivity contribution in [3.8, 4) is 0 Å². The Morgan fingerprint density at radius 2 is 2.03 bits per heavy atom. The molecule has 3 aromatic rings. The Hall–Kier alpha value is -3.24. The summed E-state index contributed by atoms with van der Waals surface area (Å²) >= 11 is 0. The van der Waals surface area contributed by atoms with Crippen LogP contribution in [0.2, 0.25) is 0 Å². The Morgan fingerprint density at radius 3 is 2.76 bits per heavy atom. The van der Waals surface area contributed by atoms with Gasteiger partial charge < -0.3 is 10.2 Å². The summed E-state index contributed by atoms with van der Waals surface area (Å²) in [6.45, 7) is 3.59. The van der Waals surface area contributed by atoms with Gasteiger partial charge >= 0.3 is 6.18 Å². The van der Waals surface area contributed by atoms with E-state index in [1.165, 1.54) is 27.9 Å². The summed E-state index contributed by atoms with van der Waals surface area (Å²) < 4.78 is 41.4. The molecule has 1 unspecified atom stereocenters. The van der Waals surface area contributed by atoms with Crippen molar-refractivity contribution in [2.24, 2.45) is 0 Å². The van der Waals surface area contributed by atoms with Gasteiger partial charge in [0.25, 0.3) is 5.91 Å². The van der Waals surface area contributed by atoms with Gasteiger partial charge in [-0.15, -0.1) is 0 Å². The van der Waals surface area contributed by atoms with Crippen molar-refractivity contribution in [3.05, 3.63) is 41.6 Å². The predicted molar refractivity (Wildman–Crippen MR) is 98.9 cm³/mol. The second kappa shape index (κ2) is 6.98. The predicted octanol–water partition coefficient (Wildman–Crippen LogP) is 2.92. The topological polar surface area (TPSA) is 88.3 Å². The summed E-state index contributed by atoms with van der Waals surface area (Å²) in [4.78, 5) is 26.5. The summed E-state index contributed by atoms with van der Waals surface area (Å²) in [5.41, 5.74) is 0.786. The highest BCUT2D eigenvalue weighted by Crippen LogP contribution is 2.35. The third-order valence-corrected chi connectivity index (χ3v) is 4.82. The first-order valence-corrected chi connectivity index (χ1v) is 9.04. The number of rotatable bonds is 3. The number of amides is 1. The molecule has 8 nitrogen and oxygen atoms in total. The van der Waals surface area contributed by atoms with Crippen molar-refractivity contribution in [2.75, 3.05) is 16.8 Å². The number of carbonyl (C=O) groups excluding carboxylic acids is 1. The minimum atomic E-state index is -4.34. The van der Waals surface area contributed by atoms with Crippen molar-refractivity contribution in [2.45, 2.75) is 38.9 Å². The number of nitrogens with zero attached hydrogens (tertiary/aromatic N) is 6. The summed E-state index contributed by atoms with van der Waals surface area (Å²) in [7, 11) is 0. The number of aromatic nitrogens is 5. The molecule has 1 fully saturated rings. The lowest BCUT2D eigenvalue weighted by Crippen LogP contribution is -2.41. The second-order valence-corrected chi connectivity index (χ2v) is 6.85. The molecule has 11 heteroatoms. The highest BCUT2D eigenvalue weighted by atomic mass is 19.4. The molecule has 0 saturated carbocycles. The molecule has 4 heterocycles. The van der Waals surface area contributed by atoms with E-state index < -0.39 is 18.1 Å². The van der Waals surface area contributed by atoms with E-state index in [4.69, 9.17) is 0 Å². The molecule has 0 aliphatic carbocycles. The Morgan fingerprint density at radius 1 is 1.24 bits per heavy atom. The van der Waals surface area contributed by atoms with E-state index in [1.54, 1.807) is 19.9 Å². The number of nitrogens with one attached hydrogen (secondary N) is 1. The molecule has 0 aromatic carbocycles. The van der Waals surface area contributed by atoms with Crippen LogP contribution < -0.4 is 10.2 Å². The monoisotopic (exact) mass is 405 g/mol. The summed E-state index contributed by atoms with van der Waals surface area (Å²) in [6.07, 6.45) is -0.861. The standard InChI is InChI=1S/C18H18F3N7O/c1-10-15(17(29)24-13-5-7-22-11(2)23-13)16-25-14(6-9-28(16)26-10)27-8-3-4-12(27)18(19,20)21/h5-7,9,12H,3-4,8H2,1-2H3,(H,22,23,24,29). The molecule has 1 saturated heterocycles. The van der Waals surface area contributed by atoms with Crippen molar-refractivity contribution < 1.29 is 18.0 Å². The maximum Gasteiger partial charge on any atom is 0.408 e. The van der Waals surface area contributed by atoms with Crippen LogP contribution in [0.25, 0.3) is 5.65 Å². The quantitative estimate of drug-likeness (QED) is 0.721. The van der Waals surface area contributed by atoms with E-state index in [9.17, 15) is 18.0 Å². The molecular weight excluding hydrogens is 387 g/mol. The fourth-order valence-corrected chi connectivity index (χ4v) is 3.54. The molecule has 0 radical (unpaired) electrons. The molecule has 29 heavy (non-hydrogen) atoms. The zero-order valence-electron chi connectivity index (χ0n) is 15.7. The molecule has 4 rings (SSSR count). The van der Waals surface area contributed by atoms with Crippen LogP contribution in [0.15, 0.2) is 24.5 Å². The smallest absolute Gasteiger partial charge is 0.344 e. The summed E-state index contributed by atoms with van der Waals surface area (Å²) in [5, 5.41) is 6.91. The van der Waals surface area contributed by atoms with Gasteiger partial charge in [0.2, 0.25) is 0 Å². The zero-order valence-corrected chi connectivity index (χ0v) is 15.7. The normalized spacial score (nSPS) is 17.1. The number of halogens is 3. The van der Waals surface area contributed by atoms with E-state index >= 15 is 0 Å². The minimum Gasteiger partial charge on any atom is -0.344 e. The van der Waals surface area contributed by atoms with Gasteiger partial charge in [0.15, 0.2) is 5.65 Å². The van der Waals surface area contributed by atoms with E-state index in [0.29, 0.717) is 23.8 Å². The molecule has 0 bridgehead atoms. The van der Waals surface area contributed by atoms with Crippen molar-refractivity contribution >= 4 is 23.2 Å². The second-order valence-electron chi connectivity index (χ2n) is 6.85. The fourth-order valence-electron chi connectivity index (χ4n) is 3.54. The number of hydrogen-bond acceptors (Lipinski definition) is 6. The highest BCUT2D eigenvalue weighted by Gasteiger charge is 2.46. The summed E-state index contributed by atoms with van der Waals surface area (Å²) in [6, 6.07) is 1.45.